The monoisotopic (exact) mass is 332 g/mol. The maximum Gasteiger partial charge on any atom is 0.158 e. The van der Waals surface area contributed by atoms with Crippen LogP contribution in [0.1, 0.15) is 38.5 Å². The fourth-order valence-electron chi connectivity index (χ4n) is 9.53. The van der Waals surface area contributed by atoms with E-state index in [0.717, 1.165) is 36.5 Å². The first-order valence-electron chi connectivity index (χ1n) is 10.4. The molecule has 0 aromatic rings. The number of aliphatic hydroxyl groups is 2. The molecule has 24 heavy (non-hydrogen) atoms. The molecule has 2 heterocycles. The number of fused-ring (bicyclic) bond motifs is 2. The molecule has 7 fully saturated rings. The van der Waals surface area contributed by atoms with E-state index in [1.165, 1.54) is 25.7 Å². The van der Waals surface area contributed by atoms with Gasteiger partial charge in [0, 0.05) is 11.8 Å². The van der Waals surface area contributed by atoms with E-state index in [2.05, 4.69) is 0 Å². The minimum Gasteiger partial charge on any atom is -0.368 e. The molecule has 2 saturated heterocycles. The minimum absolute atomic E-state index is 0.107. The Kier molecular flexibility index (Phi) is 2.55. The Labute approximate surface area is 142 Å². The molecule has 2 aliphatic heterocycles. The third-order valence-corrected chi connectivity index (χ3v) is 9.79. The highest BCUT2D eigenvalue weighted by molar-refractivity contribution is 5.16. The summed E-state index contributed by atoms with van der Waals surface area (Å²) in [5.74, 6) is 5.85. The molecule has 0 amide bonds. The summed E-state index contributed by atoms with van der Waals surface area (Å²) < 4.78 is 12.2. The van der Waals surface area contributed by atoms with E-state index < -0.39 is 12.6 Å². The van der Waals surface area contributed by atoms with Crippen LogP contribution in [0.4, 0.5) is 0 Å². The second kappa shape index (κ2) is 4.39. The summed E-state index contributed by atoms with van der Waals surface area (Å²) in [6.45, 7) is 0. The van der Waals surface area contributed by atoms with Gasteiger partial charge in [-0.2, -0.15) is 0 Å². The summed E-state index contributed by atoms with van der Waals surface area (Å²) >= 11 is 0. The van der Waals surface area contributed by atoms with Gasteiger partial charge in [-0.3, -0.25) is 0 Å². The standard InChI is InChI=1S/C20H28O4/c21-19-17-15-9(5-7-1-3-11(23-19)13(7)15)10-6-8-2-4-12-14(8)16(10)18(17)20(22)24-12/h7-22H,1-6H2/t7-,8-,9-,10-,11-,12-,13-,14+,15+,16+,17+,18-,19+,20-/m1/s1. The van der Waals surface area contributed by atoms with Gasteiger partial charge in [0.2, 0.25) is 0 Å². The Morgan fingerprint density at radius 3 is 1.46 bits per heavy atom. The molecule has 0 aromatic carbocycles. The van der Waals surface area contributed by atoms with E-state index in [0.29, 0.717) is 23.7 Å². The quantitative estimate of drug-likeness (QED) is 0.712. The van der Waals surface area contributed by atoms with E-state index in [1.807, 2.05) is 0 Å². The Morgan fingerprint density at radius 2 is 1.00 bits per heavy atom. The van der Waals surface area contributed by atoms with Crippen LogP contribution in [0.3, 0.4) is 0 Å². The van der Waals surface area contributed by atoms with Crippen molar-refractivity contribution in [2.75, 3.05) is 0 Å². The number of aliphatic hydroxyl groups excluding tert-OH is 2. The predicted octanol–water partition coefficient (Wildman–Crippen LogP) is 1.99. The fraction of sp³-hybridized carbons (Fsp3) is 1.00. The Hall–Kier alpha value is -0.160. The van der Waals surface area contributed by atoms with Crippen molar-refractivity contribution in [3.05, 3.63) is 0 Å². The molecule has 2 N–H and O–H groups in total. The third kappa shape index (κ3) is 1.42. The Morgan fingerprint density at radius 1 is 0.542 bits per heavy atom. The van der Waals surface area contributed by atoms with Crippen LogP contribution in [0.2, 0.25) is 0 Å². The average Bonchev–Trinajstić information content (AvgIpc) is 3.27. The lowest BCUT2D eigenvalue weighted by atomic mass is 9.53. The van der Waals surface area contributed by atoms with Gasteiger partial charge in [0.1, 0.15) is 0 Å². The van der Waals surface area contributed by atoms with E-state index in [-0.39, 0.29) is 24.0 Å². The first kappa shape index (κ1) is 14.0. The lowest BCUT2D eigenvalue weighted by Crippen LogP contribution is -2.61. The molecule has 4 nitrogen and oxygen atoms in total. The zero-order valence-corrected chi connectivity index (χ0v) is 14.0. The van der Waals surface area contributed by atoms with Crippen molar-refractivity contribution in [2.45, 2.75) is 63.3 Å². The molecule has 5 saturated carbocycles. The van der Waals surface area contributed by atoms with Gasteiger partial charge in [0.05, 0.1) is 12.2 Å². The zero-order chi connectivity index (χ0) is 15.7. The summed E-state index contributed by atoms with van der Waals surface area (Å²) in [6, 6.07) is 0. The summed E-state index contributed by atoms with van der Waals surface area (Å²) in [7, 11) is 0. The normalized spacial score (nSPS) is 71.2. The Balaban J connectivity index is 1.38. The van der Waals surface area contributed by atoms with Crippen LogP contribution in [0.15, 0.2) is 0 Å². The molecule has 5 aliphatic carbocycles. The van der Waals surface area contributed by atoms with Gasteiger partial charge in [0.25, 0.3) is 0 Å². The average molecular weight is 332 g/mol. The van der Waals surface area contributed by atoms with Crippen molar-refractivity contribution in [1.82, 2.24) is 0 Å². The van der Waals surface area contributed by atoms with Crippen molar-refractivity contribution in [3.63, 3.8) is 0 Å². The number of hydrogen-bond acceptors (Lipinski definition) is 4. The van der Waals surface area contributed by atoms with Crippen LogP contribution in [-0.2, 0) is 9.47 Å². The SMILES string of the molecule is O[C@@H]1O[C@@H]2CC[C@@H]3C[C@@H]4[C@H]5C[C@H]6CC[C@H]7O[C@H](O)[C@@H]([C@@H]5[C@H]67)[C@H]1[C@@H]4[C@@H]32. The molecule has 4 heteroatoms. The van der Waals surface area contributed by atoms with E-state index >= 15 is 0 Å². The number of hydrogen-bond donors (Lipinski definition) is 2. The molecular weight excluding hydrogens is 304 g/mol. The lowest BCUT2D eigenvalue weighted by molar-refractivity contribution is -0.317. The zero-order valence-electron chi connectivity index (χ0n) is 14.0. The van der Waals surface area contributed by atoms with Crippen LogP contribution in [0, 0.1) is 59.2 Å². The smallest absolute Gasteiger partial charge is 0.158 e. The summed E-state index contributed by atoms with van der Waals surface area (Å²) in [5, 5.41) is 21.8. The molecule has 7 aliphatic rings. The molecule has 7 rings (SSSR count). The minimum atomic E-state index is -0.684. The van der Waals surface area contributed by atoms with Crippen LogP contribution in [0.5, 0.6) is 0 Å². The maximum absolute atomic E-state index is 10.9. The maximum atomic E-state index is 10.9. The van der Waals surface area contributed by atoms with E-state index in [9.17, 15) is 10.2 Å². The van der Waals surface area contributed by atoms with Crippen molar-refractivity contribution in [3.8, 4) is 0 Å². The fourth-order valence-corrected chi connectivity index (χ4v) is 9.53. The third-order valence-electron chi connectivity index (χ3n) is 9.79. The van der Waals surface area contributed by atoms with Gasteiger partial charge in [-0.1, -0.05) is 0 Å². The van der Waals surface area contributed by atoms with E-state index in [1.54, 1.807) is 0 Å². The molecule has 0 radical (unpaired) electrons. The van der Waals surface area contributed by atoms with Crippen molar-refractivity contribution in [2.24, 2.45) is 59.2 Å². The summed E-state index contributed by atoms with van der Waals surface area (Å²) in [6.07, 6.45) is 6.78. The first-order valence-corrected chi connectivity index (χ1v) is 10.4. The molecule has 14 atom stereocenters. The van der Waals surface area contributed by atoms with Gasteiger partial charge >= 0.3 is 0 Å². The number of rotatable bonds is 0. The molecule has 132 valence electrons. The van der Waals surface area contributed by atoms with Gasteiger partial charge in [0.15, 0.2) is 12.6 Å². The molecule has 0 aromatic heterocycles. The molecular formula is C20H28O4. The molecule has 0 spiro atoms. The van der Waals surface area contributed by atoms with Crippen molar-refractivity contribution >= 4 is 0 Å². The second-order valence-electron chi connectivity index (χ2n) is 10.1. The number of ether oxygens (including phenoxy) is 2. The predicted molar refractivity (Wildman–Crippen MR) is 84.4 cm³/mol. The highest BCUT2D eigenvalue weighted by atomic mass is 16.6. The molecule has 0 bridgehead atoms. The van der Waals surface area contributed by atoms with E-state index in [4.69, 9.17) is 9.47 Å². The van der Waals surface area contributed by atoms with Crippen LogP contribution >= 0.6 is 0 Å². The van der Waals surface area contributed by atoms with Gasteiger partial charge in [-0.05, 0) is 85.9 Å². The largest absolute Gasteiger partial charge is 0.368 e. The van der Waals surface area contributed by atoms with Crippen LogP contribution in [-0.4, -0.2) is 35.0 Å². The summed E-state index contributed by atoms with van der Waals surface area (Å²) in [4.78, 5) is 0. The van der Waals surface area contributed by atoms with Gasteiger partial charge < -0.3 is 19.7 Å². The first-order chi connectivity index (χ1) is 11.7. The van der Waals surface area contributed by atoms with Crippen molar-refractivity contribution < 1.29 is 19.7 Å². The Bertz CT molecular complexity index is 530. The highest BCUT2D eigenvalue weighted by Crippen LogP contribution is 2.72. The van der Waals surface area contributed by atoms with Crippen LogP contribution in [0.25, 0.3) is 0 Å². The lowest BCUT2D eigenvalue weighted by Gasteiger charge is -2.58. The molecule has 0 unspecified atom stereocenters. The van der Waals surface area contributed by atoms with Crippen molar-refractivity contribution in [1.29, 1.82) is 0 Å². The van der Waals surface area contributed by atoms with Gasteiger partial charge in [-0.15, -0.1) is 0 Å². The highest BCUT2D eigenvalue weighted by Gasteiger charge is 2.71. The van der Waals surface area contributed by atoms with Gasteiger partial charge in [-0.25, -0.2) is 0 Å². The topological polar surface area (TPSA) is 58.9 Å². The second-order valence-corrected chi connectivity index (χ2v) is 10.1. The van der Waals surface area contributed by atoms with Crippen LogP contribution < -0.4 is 0 Å². The summed E-state index contributed by atoms with van der Waals surface area (Å²) in [5.41, 5.74) is 0.